The second kappa shape index (κ2) is 4.96. The molecule has 0 atom stereocenters. The molecule has 2 amide bonds. The van der Waals surface area contributed by atoms with Crippen LogP contribution in [0.2, 0.25) is 0 Å². The summed E-state index contributed by atoms with van der Waals surface area (Å²) in [7, 11) is 0. The highest BCUT2D eigenvalue weighted by Gasteiger charge is 2.17. The molecule has 0 radical (unpaired) electrons. The summed E-state index contributed by atoms with van der Waals surface area (Å²) in [4.78, 5) is 19.6. The average molecular weight is 244 g/mol. The van der Waals surface area contributed by atoms with E-state index in [4.69, 9.17) is 0 Å². The molecule has 0 aliphatic carbocycles. The first kappa shape index (κ1) is 12.5. The lowest BCUT2D eigenvalue weighted by Gasteiger charge is -1.98. The minimum atomic E-state index is -1.30. The zero-order valence-electron chi connectivity index (χ0n) is 8.18. The van der Waals surface area contributed by atoms with E-state index in [-0.39, 0.29) is 5.56 Å². The molecule has 1 rings (SSSR count). The molecule has 17 heavy (non-hydrogen) atoms. The Hall–Kier alpha value is -2.58. The van der Waals surface area contributed by atoms with Crippen LogP contribution in [-0.4, -0.2) is 17.2 Å². The third kappa shape index (κ3) is 3.19. The van der Waals surface area contributed by atoms with Crippen molar-refractivity contribution in [1.82, 2.24) is 5.43 Å². The number of nitro benzene ring substituents is 1. The van der Waals surface area contributed by atoms with E-state index in [1.54, 1.807) is 5.43 Å². The maximum atomic E-state index is 13.1. The number of hydrogen-bond acceptors (Lipinski definition) is 4. The summed E-state index contributed by atoms with van der Waals surface area (Å²) in [6.45, 7) is 0. The van der Waals surface area contributed by atoms with Crippen LogP contribution in [0.4, 0.5) is 19.3 Å². The van der Waals surface area contributed by atoms with Gasteiger partial charge in [-0.2, -0.15) is 9.49 Å². The van der Waals surface area contributed by atoms with Gasteiger partial charge in [0, 0.05) is 17.7 Å². The normalized spacial score (nSPS) is 10.5. The summed E-state index contributed by atoms with van der Waals surface area (Å²) >= 11 is 0. The van der Waals surface area contributed by atoms with E-state index in [0.29, 0.717) is 12.1 Å². The van der Waals surface area contributed by atoms with E-state index in [9.17, 15) is 23.7 Å². The van der Waals surface area contributed by atoms with Crippen LogP contribution >= 0.6 is 0 Å². The first-order chi connectivity index (χ1) is 7.91. The molecule has 0 aromatic heterocycles. The zero-order valence-corrected chi connectivity index (χ0v) is 8.18. The molecule has 0 saturated carbocycles. The largest absolute Gasteiger partial charge is 0.350 e. The molecule has 3 N–H and O–H groups in total. The van der Waals surface area contributed by atoms with Crippen LogP contribution in [0.1, 0.15) is 5.56 Å². The van der Waals surface area contributed by atoms with Crippen molar-refractivity contribution >= 4 is 17.9 Å². The van der Waals surface area contributed by atoms with E-state index in [1.807, 2.05) is 0 Å². The predicted octanol–water partition coefficient (Wildman–Crippen LogP) is 0.875. The molecule has 90 valence electrons. The lowest BCUT2D eigenvalue weighted by atomic mass is 10.2. The van der Waals surface area contributed by atoms with Gasteiger partial charge in [0.25, 0.3) is 0 Å². The lowest BCUT2D eigenvalue weighted by Crippen LogP contribution is -2.24. The van der Waals surface area contributed by atoms with Crippen LogP contribution in [0.15, 0.2) is 17.2 Å². The Balaban J connectivity index is 3.07. The molecule has 1 aromatic carbocycles. The molecule has 0 unspecified atom stereocenters. The molecule has 0 bridgehead atoms. The van der Waals surface area contributed by atoms with Crippen LogP contribution in [0.25, 0.3) is 0 Å². The predicted molar refractivity (Wildman–Crippen MR) is 53.3 cm³/mol. The molecule has 1 aromatic rings. The first-order valence-electron chi connectivity index (χ1n) is 4.13. The van der Waals surface area contributed by atoms with Crippen molar-refractivity contribution in [3.8, 4) is 0 Å². The number of hydrogen-bond donors (Lipinski definition) is 2. The third-order valence-electron chi connectivity index (χ3n) is 1.64. The molecular formula is C8H6F2N4O3. The van der Waals surface area contributed by atoms with Crippen LogP contribution in [0.3, 0.4) is 0 Å². The van der Waals surface area contributed by atoms with Gasteiger partial charge in [-0.3, -0.25) is 10.1 Å². The third-order valence-corrected chi connectivity index (χ3v) is 1.64. The molecule has 0 heterocycles. The van der Waals surface area contributed by atoms with Crippen molar-refractivity contribution in [3.63, 3.8) is 0 Å². The molecule has 0 aliphatic rings. The number of carbonyl (C=O) groups is 1. The second-order valence-corrected chi connectivity index (χ2v) is 2.82. The van der Waals surface area contributed by atoms with Gasteiger partial charge in [0.05, 0.1) is 11.1 Å². The Morgan fingerprint density at radius 1 is 1.47 bits per heavy atom. The highest BCUT2D eigenvalue weighted by Crippen LogP contribution is 2.20. The summed E-state index contributed by atoms with van der Waals surface area (Å²) in [5.41, 5.74) is 5.18. The Labute approximate surface area is 93.1 Å². The molecule has 0 fully saturated rings. The van der Waals surface area contributed by atoms with Gasteiger partial charge in [-0.25, -0.2) is 14.6 Å². The number of urea groups is 1. The van der Waals surface area contributed by atoms with Crippen molar-refractivity contribution in [3.05, 3.63) is 39.4 Å². The van der Waals surface area contributed by atoms with Crippen molar-refractivity contribution < 1.29 is 18.5 Å². The topological polar surface area (TPSA) is 111 Å². The Kier molecular flexibility index (Phi) is 3.65. The molecule has 0 saturated heterocycles. The number of nitrogens with one attached hydrogen (secondary N) is 1. The van der Waals surface area contributed by atoms with Gasteiger partial charge in [-0.15, -0.1) is 0 Å². The highest BCUT2D eigenvalue weighted by atomic mass is 19.1. The average Bonchev–Trinajstić information content (AvgIpc) is 2.20. The number of halogens is 2. The Morgan fingerprint density at radius 2 is 2.12 bits per heavy atom. The maximum Gasteiger partial charge on any atom is 0.332 e. The van der Waals surface area contributed by atoms with Crippen molar-refractivity contribution in [1.29, 1.82) is 0 Å². The van der Waals surface area contributed by atoms with Gasteiger partial charge in [0.15, 0.2) is 0 Å². The molecule has 7 nitrogen and oxygen atoms in total. The molecule has 0 spiro atoms. The Morgan fingerprint density at radius 3 is 2.65 bits per heavy atom. The minimum absolute atomic E-state index is 0.351. The fraction of sp³-hybridized carbons (Fsp3) is 0. The quantitative estimate of drug-likeness (QED) is 0.467. The number of nitro groups is 1. The number of rotatable bonds is 3. The van der Waals surface area contributed by atoms with E-state index in [1.165, 1.54) is 0 Å². The summed E-state index contributed by atoms with van der Waals surface area (Å²) < 4.78 is 26.0. The molecule has 0 aliphatic heterocycles. The van der Waals surface area contributed by atoms with Crippen LogP contribution in [0.5, 0.6) is 0 Å². The first-order valence-corrected chi connectivity index (χ1v) is 4.13. The van der Waals surface area contributed by atoms with Crippen molar-refractivity contribution in [2.45, 2.75) is 0 Å². The van der Waals surface area contributed by atoms with E-state index in [0.717, 1.165) is 6.21 Å². The standard InChI is InChI=1S/C8H6F2N4O3/c9-5-2-6(10)7(14(16)17)1-4(5)3-12-13-8(11)15/h1-3H,(H3,11,13,15). The molecular weight excluding hydrogens is 238 g/mol. The summed E-state index contributed by atoms with van der Waals surface area (Å²) in [6, 6.07) is 0.0129. The van der Waals surface area contributed by atoms with Gasteiger partial charge in [0.1, 0.15) is 5.82 Å². The van der Waals surface area contributed by atoms with Crippen molar-refractivity contribution in [2.24, 2.45) is 10.8 Å². The smallest absolute Gasteiger partial charge is 0.332 e. The monoisotopic (exact) mass is 244 g/mol. The summed E-state index contributed by atoms with van der Waals surface area (Å²) in [5, 5.41) is 13.6. The second-order valence-electron chi connectivity index (χ2n) is 2.82. The lowest BCUT2D eigenvalue weighted by molar-refractivity contribution is -0.387. The van der Waals surface area contributed by atoms with Crippen LogP contribution in [-0.2, 0) is 0 Å². The van der Waals surface area contributed by atoms with Crippen LogP contribution in [0, 0.1) is 21.7 Å². The number of carbonyl (C=O) groups excluding carboxylic acids is 1. The van der Waals surface area contributed by atoms with Crippen molar-refractivity contribution in [2.75, 3.05) is 0 Å². The molecule has 9 heteroatoms. The van der Waals surface area contributed by atoms with Gasteiger partial charge >= 0.3 is 11.7 Å². The fourth-order valence-electron chi connectivity index (χ4n) is 0.958. The van der Waals surface area contributed by atoms with E-state index >= 15 is 0 Å². The SMILES string of the molecule is NC(=O)NN=Cc1cc([N+](=O)[O-])c(F)cc1F. The van der Waals surface area contributed by atoms with Gasteiger partial charge in [-0.05, 0) is 0 Å². The van der Waals surface area contributed by atoms with Gasteiger partial charge in [-0.1, -0.05) is 0 Å². The number of benzene rings is 1. The number of hydrazone groups is 1. The van der Waals surface area contributed by atoms with Crippen LogP contribution < -0.4 is 11.2 Å². The number of amides is 2. The number of nitrogens with two attached hydrogens (primary N) is 1. The van der Waals surface area contributed by atoms with Gasteiger partial charge < -0.3 is 5.73 Å². The zero-order chi connectivity index (χ0) is 13.0. The maximum absolute atomic E-state index is 13.1. The van der Waals surface area contributed by atoms with E-state index in [2.05, 4.69) is 10.8 Å². The number of primary amides is 1. The van der Waals surface area contributed by atoms with Gasteiger partial charge in [0.2, 0.25) is 5.82 Å². The fourth-order valence-corrected chi connectivity index (χ4v) is 0.958. The summed E-state index contributed by atoms with van der Waals surface area (Å²) in [5.74, 6) is -2.35. The highest BCUT2D eigenvalue weighted by molar-refractivity contribution is 5.82. The number of nitrogens with zero attached hydrogens (tertiary/aromatic N) is 2. The summed E-state index contributed by atoms with van der Waals surface area (Å²) in [6.07, 6.45) is 0.770. The minimum Gasteiger partial charge on any atom is -0.350 e. The Bertz CT molecular complexity index is 504. The van der Waals surface area contributed by atoms with E-state index < -0.39 is 28.3 Å².